The van der Waals surface area contributed by atoms with Gasteiger partial charge in [-0.3, -0.25) is 19.1 Å². The van der Waals surface area contributed by atoms with Crippen molar-refractivity contribution < 1.29 is 14.4 Å². The predicted molar refractivity (Wildman–Crippen MR) is 96.2 cm³/mol. The topological polar surface area (TPSA) is 118 Å². The van der Waals surface area contributed by atoms with E-state index in [1.54, 1.807) is 20.0 Å². The lowest BCUT2D eigenvalue weighted by molar-refractivity contribution is -0.136. The van der Waals surface area contributed by atoms with Gasteiger partial charge in [-0.1, -0.05) is 23.2 Å². The number of rotatable bonds is 5. The van der Waals surface area contributed by atoms with Gasteiger partial charge in [-0.05, 0) is 19.1 Å². The Labute approximate surface area is 159 Å². The van der Waals surface area contributed by atoms with Crippen LogP contribution in [0.4, 0.5) is 5.69 Å². The van der Waals surface area contributed by atoms with Crippen molar-refractivity contribution in [2.24, 2.45) is 7.05 Å². The first-order valence-corrected chi connectivity index (χ1v) is 8.23. The van der Waals surface area contributed by atoms with Gasteiger partial charge in [-0.25, -0.2) is 4.98 Å². The third-order valence-electron chi connectivity index (χ3n) is 3.39. The first-order chi connectivity index (χ1) is 12.3. The van der Waals surface area contributed by atoms with Crippen LogP contribution < -0.4 is 16.0 Å². The summed E-state index contributed by atoms with van der Waals surface area (Å²) in [5.41, 5.74) is 0.987. The molecule has 0 saturated heterocycles. The van der Waals surface area contributed by atoms with E-state index in [1.165, 1.54) is 16.9 Å². The number of aromatic nitrogens is 3. The van der Waals surface area contributed by atoms with Crippen molar-refractivity contribution in [3.05, 3.63) is 39.9 Å². The van der Waals surface area contributed by atoms with Crippen molar-refractivity contribution in [3.8, 4) is 0 Å². The maximum atomic E-state index is 12.0. The van der Waals surface area contributed by atoms with E-state index >= 15 is 0 Å². The molecular formula is C15H16Cl2N6O3. The van der Waals surface area contributed by atoms with Crippen LogP contribution in [0.1, 0.15) is 16.2 Å². The number of aryl methyl sites for hydroxylation is 1. The van der Waals surface area contributed by atoms with Gasteiger partial charge >= 0.3 is 11.8 Å². The zero-order chi connectivity index (χ0) is 19.3. The predicted octanol–water partition coefficient (Wildman–Crippen LogP) is 0.915. The molecule has 11 heteroatoms. The second-order valence-electron chi connectivity index (χ2n) is 5.18. The molecule has 3 amide bonds. The second-order valence-corrected chi connectivity index (χ2v) is 5.92. The smallest absolute Gasteiger partial charge is 0.313 e. The molecule has 0 spiro atoms. The Morgan fingerprint density at radius 3 is 2.46 bits per heavy atom. The van der Waals surface area contributed by atoms with Crippen molar-refractivity contribution in [3.63, 3.8) is 0 Å². The quantitative estimate of drug-likeness (QED) is 0.393. The average Bonchev–Trinajstić information content (AvgIpc) is 2.87. The first kappa shape index (κ1) is 19.7. The van der Waals surface area contributed by atoms with Gasteiger partial charge < -0.3 is 16.0 Å². The Morgan fingerprint density at radius 2 is 1.85 bits per heavy atom. The molecule has 0 atom stereocenters. The highest BCUT2D eigenvalue weighted by atomic mass is 35.5. The number of nitrogens with one attached hydrogen (secondary N) is 3. The van der Waals surface area contributed by atoms with Crippen LogP contribution in [0.25, 0.3) is 0 Å². The van der Waals surface area contributed by atoms with Gasteiger partial charge in [0.2, 0.25) is 0 Å². The summed E-state index contributed by atoms with van der Waals surface area (Å²) in [6, 6.07) is 3.08. The first-order valence-electron chi connectivity index (χ1n) is 7.48. The van der Waals surface area contributed by atoms with Crippen molar-refractivity contribution in [1.29, 1.82) is 0 Å². The highest BCUT2D eigenvalue weighted by Crippen LogP contribution is 2.19. The highest BCUT2D eigenvalue weighted by Gasteiger charge is 2.18. The van der Waals surface area contributed by atoms with E-state index in [-0.39, 0.29) is 34.6 Å². The lowest BCUT2D eigenvalue weighted by atomic mass is 10.3. The molecule has 2 aromatic heterocycles. The van der Waals surface area contributed by atoms with E-state index in [2.05, 4.69) is 26.0 Å². The molecule has 0 aromatic carbocycles. The summed E-state index contributed by atoms with van der Waals surface area (Å²) in [4.78, 5) is 39.3. The molecule has 9 nitrogen and oxygen atoms in total. The van der Waals surface area contributed by atoms with Crippen molar-refractivity contribution >= 4 is 46.6 Å². The van der Waals surface area contributed by atoms with Crippen LogP contribution in [-0.4, -0.2) is 45.6 Å². The molecule has 138 valence electrons. The van der Waals surface area contributed by atoms with E-state index in [1.807, 2.05) is 0 Å². The minimum atomic E-state index is -0.894. The van der Waals surface area contributed by atoms with Crippen molar-refractivity contribution in [2.75, 3.05) is 18.4 Å². The van der Waals surface area contributed by atoms with Crippen LogP contribution in [0, 0.1) is 6.92 Å². The Bertz CT molecular complexity index is 852. The zero-order valence-electron chi connectivity index (χ0n) is 14.0. The zero-order valence-corrected chi connectivity index (χ0v) is 15.5. The maximum Gasteiger partial charge on any atom is 0.313 e. The van der Waals surface area contributed by atoms with Gasteiger partial charge in [-0.15, -0.1) is 0 Å². The average molecular weight is 399 g/mol. The number of nitrogens with zero attached hydrogens (tertiary/aromatic N) is 3. The van der Waals surface area contributed by atoms with Crippen LogP contribution in [0.3, 0.4) is 0 Å². The Balaban J connectivity index is 1.77. The van der Waals surface area contributed by atoms with Crippen LogP contribution in [0.5, 0.6) is 0 Å². The fraction of sp³-hybridized carbons (Fsp3) is 0.267. The maximum absolute atomic E-state index is 12.0. The molecule has 2 rings (SSSR count). The lowest BCUT2D eigenvalue weighted by Gasteiger charge is -2.08. The number of amides is 3. The van der Waals surface area contributed by atoms with E-state index in [4.69, 9.17) is 23.2 Å². The van der Waals surface area contributed by atoms with Crippen LogP contribution in [0.2, 0.25) is 10.2 Å². The molecule has 0 aliphatic rings. The van der Waals surface area contributed by atoms with E-state index in [0.29, 0.717) is 5.69 Å². The fourth-order valence-corrected chi connectivity index (χ4v) is 2.31. The third kappa shape index (κ3) is 4.70. The van der Waals surface area contributed by atoms with Crippen molar-refractivity contribution in [2.45, 2.75) is 6.92 Å². The summed E-state index contributed by atoms with van der Waals surface area (Å²) in [7, 11) is 1.67. The fourth-order valence-electron chi connectivity index (χ4n) is 1.90. The number of hydrogen-bond acceptors (Lipinski definition) is 5. The SMILES string of the molecule is Cc1c(Cl)c(C(=O)NCCNC(=O)C(=O)Nc2cccnc2Cl)nn1C. The molecule has 0 aliphatic carbocycles. The Kier molecular flexibility index (Phi) is 6.53. The Morgan fingerprint density at radius 1 is 1.15 bits per heavy atom. The molecule has 0 bridgehead atoms. The van der Waals surface area contributed by atoms with E-state index < -0.39 is 17.7 Å². The summed E-state index contributed by atoms with van der Waals surface area (Å²) in [6.45, 7) is 1.87. The lowest BCUT2D eigenvalue weighted by Crippen LogP contribution is -2.40. The number of carbonyl (C=O) groups excluding carboxylic acids is 3. The number of anilines is 1. The van der Waals surface area contributed by atoms with Crippen LogP contribution >= 0.6 is 23.2 Å². The molecule has 2 heterocycles. The number of hydrogen-bond donors (Lipinski definition) is 3. The molecule has 26 heavy (non-hydrogen) atoms. The summed E-state index contributed by atoms with van der Waals surface area (Å²) in [5.74, 6) is -2.24. The molecule has 3 N–H and O–H groups in total. The summed E-state index contributed by atoms with van der Waals surface area (Å²) in [5, 5.41) is 11.6. The van der Waals surface area contributed by atoms with Gasteiger partial charge in [0.05, 0.1) is 16.4 Å². The van der Waals surface area contributed by atoms with Crippen LogP contribution in [-0.2, 0) is 16.6 Å². The summed E-state index contributed by atoms with van der Waals surface area (Å²) >= 11 is 11.8. The monoisotopic (exact) mass is 398 g/mol. The largest absolute Gasteiger partial charge is 0.349 e. The van der Waals surface area contributed by atoms with E-state index in [9.17, 15) is 14.4 Å². The minimum Gasteiger partial charge on any atom is -0.349 e. The molecule has 0 aliphatic heterocycles. The van der Waals surface area contributed by atoms with Gasteiger partial charge in [0, 0.05) is 26.3 Å². The van der Waals surface area contributed by atoms with Gasteiger partial charge in [0.15, 0.2) is 10.8 Å². The van der Waals surface area contributed by atoms with Gasteiger partial charge in [0.25, 0.3) is 5.91 Å². The Hall–Kier alpha value is -2.65. The van der Waals surface area contributed by atoms with Gasteiger partial charge in [0.1, 0.15) is 0 Å². The summed E-state index contributed by atoms with van der Waals surface area (Å²) in [6.07, 6.45) is 1.45. The molecule has 0 fully saturated rings. The molecule has 0 radical (unpaired) electrons. The standard InChI is InChI=1S/C15H16Cl2N6O3/c1-8-10(16)11(22-23(8)2)13(24)19-6-7-20-14(25)15(26)21-9-4-3-5-18-12(9)17/h3-5H,6-7H2,1-2H3,(H,19,24)(H,20,25)(H,21,26). The van der Waals surface area contributed by atoms with Crippen molar-refractivity contribution in [1.82, 2.24) is 25.4 Å². The molecule has 2 aromatic rings. The highest BCUT2D eigenvalue weighted by molar-refractivity contribution is 6.41. The summed E-state index contributed by atoms with van der Waals surface area (Å²) < 4.78 is 1.49. The van der Waals surface area contributed by atoms with E-state index in [0.717, 1.165) is 0 Å². The van der Waals surface area contributed by atoms with Crippen LogP contribution in [0.15, 0.2) is 18.3 Å². The van der Waals surface area contributed by atoms with Gasteiger partial charge in [-0.2, -0.15) is 5.10 Å². The third-order valence-corrected chi connectivity index (χ3v) is 4.14. The molecule has 0 saturated carbocycles. The molecular weight excluding hydrogens is 383 g/mol. The number of halogens is 2. The second kappa shape index (κ2) is 8.63. The normalized spacial score (nSPS) is 10.3. The number of carbonyl (C=O) groups is 3. The minimum absolute atomic E-state index is 0.0438. The molecule has 0 unspecified atom stereocenters. The number of pyridine rings is 1.